The Bertz CT molecular complexity index is 251. The van der Waals surface area contributed by atoms with Crippen LogP contribution in [0.5, 0.6) is 0 Å². The molecule has 0 aromatic carbocycles. The van der Waals surface area contributed by atoms with E-state index in [0.29, 0.717) is 0 Å². The quantitative estimate of drug-likeness (QED) is 0.406. The van der Waals surface area contributed by atoms with Crippen LogP contribution in [-0.4, -0.2) is 20.2 Å². The van der Waals surface area contributed by atoms with Crippen molar-refractivity contribution in [2.45, 2.75) is 65.1 Å². The first-order valence-corrected chi connectivity index (χ1v) is 9.13. The molecule has 2 nitrogen and oxygen atoms in total. The van der Waals surface area contributed by atoms with Crippen LogP contribution >= 0.6 is 0 Å². The van der Waals surface area contributed by atoms with Crippen molar-refractivity contribution in [2.24, 2.45) is 0 Å². The van der Waals surface area contributed by atoms with Crippen molar-refractivity contribution >= 4 is 8.32 Å². The van der Waals surface area contributed by atoms with E-state index in [1.54, 1.807) is 0 Å². The van der Waals surface area contributed by atoms with E-state index in [0.717, 1.165) is 12.8 Å². The Hall–Kier alpha value is -0.123. The molecule has 1 fully saturated rings. The predicted molar refractivity (Wildman–Crippen MR) is 66.4 cm³/mol. The number of hydrogen-bond acceptors (Lipinski definition) is 2. The Morgan fingerprint density at radius 1 is 1.40 bits per heavy atom. The van der Waals surface area contributed by atoms with Crippen LogP contribution in [0.4, 0.5) is 0 Å². The van der Waals surface area contributed by atoms with Gasteiger partial charge >= 0.3 is 0 Å². The number of hydrogen-bond donors (Lipinski definition) is 0. The van der Waals surface area contributed by atoms with Crippen molar-refractivity contribution in [1.82, 2.24) is 0 Å². The van der Waals surface area contributed by atoms with Crippen molar-refractivity contribution in [3.05, 3.63) is 11.6 Å². The highest BCUT2D eigenvalue weighted by molar-refractivity contribution is 6.69. The second kappa shape index (κ2) is 4.40. The fourth-order valence-corrected chi connectivity index (χ4v) is 2.44. The highest BCUT2D eigenvalue weighted by Crippen LogP contribution is 2.42. The van der Waals surface area contributed by atoms with Gasteiger partial charge in [-0.05, 0) is 53.3 Å². The van der Waals surface area contributed by atoms with Gasteiger partial charge in [0.2, 0.25) is 0 Å². The average Bonchev–Trinajstić information content (AvgIpc) is 2.56. The molecule has 0 amide bonds. The minimum Gasteiger partial charge on any atom is -0.391 e. The fourth-order valence-electron chi connectivity index (χ4n) is 1.50. The average molecular weight is 228 g/mol. The van der Waals surface area contributed by atoms with Gasteiger partial charge in [-0.15, -0.1) is 0 Å². The van der Waals surface area contributed by atoms with Gasteiger partial charge in [0.05, 0.1) is 0 Å². The van der Waals surface area contributed by atoms with Crippen LogP contribution in [0.1, 0.15) is 33.6 Å². The zero-order valence-electron chi connectivity index (χ0n) is 10.9. The van der Waals surface area contributed by atoms with Crippen molar-refractivity contribution in [3.63, 3.8) is 0 Å². The summed E-state index contributed by atoms with van der Waals surface area (Å²) in [6, 6.07) is 0. The van der Waals surface area contributed by atoms with Gasteiger partial charge in [-0.1, -0.05) is 11.6 Å². The Kier molecular flexibility index (Phi) is 3.79. The maximum Gasteiger partial charge on any atom is 0.187 e. The lowest BCUT2D eigenvalue weighted by Crippen LogP contribution is -2.29. The first-order chi connectivity index (χ1) is 6.73. The molecular formula is C12H24O2Si. The van der Waals surface area contributed by atoms with Gasteiger partial charge in [0.25, 0.3) is 0 Å². The lowest BCUT2D eigenvalue weighted by Gasteiger charge is -2.16. The van der Waals surface area contributed by atoms with E-state index in [2.05, 4.69) is 46.5 Å². The summed E-state index contributed by atoms with van der Waals surface area (Å²) in [6.07, 6.45) is 4.46. The Labute approximate surface area is 94.8 Å². The minimum atomic E-state index is -1.45. The SMILES string of the molecule is CC(C)=CCCC1(C)OC1O[Si](C)(C)C. The van der Waals surface area contributed by atoms with Crippen molar-refractivity contribution in [1.29, 1.82) is 0 Å². The van der Waals surface area contributed by atoms with Crippen LogP contribution in [0.15, 0.2) is 11.6 Å². The second-order valence-corrected chi connectivity index (χ2v) is 10.3. The molecule has 1 saturated heterocycles. The monoisotopic (exact) mass is 228 g/mol. The molecule has 0 aromatic heterocycles. The fraction of sp³-hybridized carbons (Fsp3) is 0.833. The zero-order chi connectivity index (χ0) is 11.7. The molecule has 88 valence electrons. The van der Waals surface area contributed by atoms with E-state index < -0.39 is 8.32 Å². The number of ether oxygens (including phenoxy) is 1. The molecule has 0 N–H and O–H groups in total. The summed E-state index contributed by atoms with van der Waals surface area (Å²) >= 11 is 0. The minimum absolute atomic E-state index is 0.0216. The highest BCUT2D eigenvalue weighted by Gasteiger charge is 2.54. The molecule has 1 aliphatic rings. The third-order valence-corrected chi connectivity index (χ3v) is 3.39. The Morgan fingerprint density at radius 2 is 2.00 bits per heavy atom. The molecule has 0 aromatic rings. The van der Waals surface area contributed by atoms with Gasteiger partial charge in [0.15, 0.2) is 14.6 Å². The summed E-state index contributed by atoms with van der Waals surface area (Å²) in [5.41, 5.74) is 1.36. The van der Waals surface area contributed by atoms with E-state index in [1.165, 1.54) is 5.57 Å². The summed E-state index contributed by atoms with van der Waals surface area (Å²) in [5.74, 6) is 0. The van der Waals surface area contributed by atoms with Crippen LogP contribution in [-0.2, 0) is 9.16 Å². The highest BCUT2D eigenvalue weighted by atomic mass is 28.4. The van der Waals surface area contributed by atoms with Gasteiger partial charge in [-0.25, -0.2) is 0 Å². The van der Waals surface area contributed by atoms with Gasteiger partial charge < -0.3 is 9.16 Å². The predicted octanol–water partition coefficient (Wildman–Crippen LogP) is 3.70. The van der Waals surface area contributed by atoms with Crippen LogP contribution in [0.2, 0.25) is 19.6 Å². The van der Waals surface area contributed by atoms with Crippen molar-refractivity contribution < 1.29 is 9.16 Å². The van der Waals surface area contributed by atoms with E-state index >= 15 is 0 Å². The van der Waals surface area contributed by atoms with E-state index in [-0.39, 0.29) is 11.9 Å². The second-order valence-electron chi connectivity index (χ2n) is 5.81. The van der Waals surface area contributed by atoms with E-state index in [1.807, 2.05) is 0 Å². The summed E-state index contributed by atoms with van der Waals surface area (Å²) in [7, 11) is -1.45. The molecule has 0 spiro atoms. The van der Waals surface area contributed by atoms with Gasteiger partial charge in [-0.3, -0.25) is 0 Å². The number of epoxide rings is 1. The van der Waals surface area contributed by atoms with E-state index in [9.17, 15) is 0 Å². The number of rotatable bonds is 5. The molecule has 0 aliphatic carbocycles. The largest absolute Gasteiger partial charge is 0.391 e. The van der Waals surface area contributed by atoms with Gasteiger partial charge in [-0.2, -0.15) is 0 Å². The van der Waals surface area contributed by atoms with Crippen LogP contribution in [0, 0.1) is 0 Å². The normalized spacial score (nSPS) is 30.1. The molecule has 2 unspecified atom stereocenters. The third kappa shape index (κ3) is 4.49. The summed E-state index contributed by atoms with van der Waals surface area (Å²) in [4.78, 5) is 0. The molecule has 0 radical (unpaired) electrons. The molecule has 2 atom stereocenters. The van der Waals surface area contributed by atoms with Crippen LogP contribution in [0.3, 0.4) is 0 Å². The summed E-state index contributed by atoms with van der Waals surface area (Å²) < 4.78 is 11.6. The molecule has 1 rings (SSSR count). The smallest absolute Gasteiger partial charge is 0.187 e. The standard InChI is InChI=1S/C12H24O2Si/c1-10(2)8-7-9-12(3)11(13-12)14-15(4,5)6/h8,11H,7,9H2,1-6H3. The summed E-state index contributed by atoms with van der Waals surface area (Å²) in [6.45, 7) is 13.0. The van der Waals surface area contributed by atoms with Gasteiger partial charge in [0, 0.05) is 0 Å². The maximum atomic E-state index is 5.92. The topological polar surface area (TPSA) is 21.8 Å². The molecule has 1 aliphatic heterocycles. The zero-order valence-corrected chi connectivity index (χ0v) is 11.9. The lowest BCUT2D eigenvalue weighted by atomic mass is 10.1. The molecule has 15 heavy (non-hydrogen) atoms. The van der Waals surface area contributed by atoms with Crippen molar-refractivity contribution in [3.8, 4) is 0 Å². The first-order valence-electron chi connectivity index (χ1n) is 5.72. The lowest BCUT2D eigenvalue weighted by molar-refractivity contribution is 0.170. The Morgan fingerprint density at radius 3 is 2.47 bits per heavy atom. The number of allylic oxidation sites excluding steroid dienone is 2. The van der Waals surface area contributed by atoms with Crippen LogP contribution in [0.25, 0.3) is 0 Å². The molecule has 3 heteroatoms. The van der Waals surface area contributed by atoms with Crippen molar-refractivity contribution in [2.75, 3.05) is 0 Å². The maximum absolute atomic E-state index is 5.92. The third-order valence-electron chi connectivity index (χ3n) is 2.47. The van der Waals surface area contributed by atoms with Crippen LogP contribution < -0.4 is 0 Å². The molecular weight excluding hydrogens is 204 g/mol. The Balaban J connectivity index is 2.30. The van der Waals surface area contributed by atoms with E-state index in [4.69, 9.17) is 9.16 Å². The molecule has 0 bridgehead atoms. The molecule has 1 heterocycles. The molecule has 0 saturated carbocycles. The first kappa shape index (κ1) is 12.9. The summed E-state index contributed by atoms with van der Waals surface area (Å²) in [5, 5.41) is 0. The van der Waals surface area contributed by atoms with Gasteiger partial charge in [0.1, 0.15) is 5.60 Å².